The summed E-state index contributed by atoms with van der Waals surface area (Å²) in [6, 6.07) is -0.394. The third kappa shape index (κ3) is 1.72. The first-order valence-electron chi connectivity index (χ1n) is 4.48. The number of amides is 4. The maximum Gasteiger partial charge on any atom is 0.341 e. The molecule has 0 aromatic rings. The Morgan fingerprint density at radius 3 is 2.43 bits per heavy atom. The number of hydroxylamine groups is 2. The zero-order valence-corrected chi connectivity index (χ0v) is 7.65. The smallest absolute Gasteiger partial charge is 0.336 e. The van der Waals surface area contributed by atoms with Crippen molar-refractivity contribution >= 4 is 12.1 Å². The van der Waals surface area contributed by atoms with Crippen molar-refractivity contribution in [3.8, 4) is 0 Å². The standard InChI is InChI=1S/C7H12N4O3/c12-6-8-1-3-10(6)5-14-11-4-2-9-7(11)13/h1-5H2,(H,8,12)(H,9,13). The molecule has 0 saturated carbocycles. The second kappa shape index (κ2) is 3.70. The average Bonchev–Trinajstić information content (AvgIpc) is 2.72. The van der Waals surface area contributed by atoms with Gasteiger partial charge in [0.25, 0.3) is 0 Å². The molecule has 78 valence electrons. The van der Waals surface area contributed by atoms with E-state index in [4.69, 9.17) is 4.84 Å². The molecule has 2 fully saturated rings. The van der Waals surface area contributed by atoms with Crippen molar-refractivity contribution in [3.63, 3.8) is 0 Å². The van der Waals surface area contributed by atoms with Crippen LogP contribution >= 0.6 is 0 Å². The first kappa shape index (κ1) is 9.07. The van der Waals surface area contributed by atoms with E-state index >= 15 is 0 Å². The molecule has 14 heavy (non-hydrogen) atoms. The lowest BCUT2D eigenvalue weighted by atomic mass is 10.6. The quantitative estimate of drug-likeness (QED) is 0.609. The fourth-order valence-corrected chi connectivity index (χ4v) is 1.35. The van der Waals surface area contributed by atoms with Gasteiger partial charge in [0.2, 0.25) is 0 Å². The summed E-state index contributed by atoms with van der Waals surface area (Å²) in [5.74, 6) is 0. The van der Waals surface area contributed by atoms with E-state index in [2.05, 4.69) is 10.6 Å². The lowest BCUT2D eigenvalue weighted by molar-refractivity contribution is -0.132. The van der Waals surface area contributed by atoms with Crippen molar-refractivity contribution in [3.05, 3.63) is 0 Å². The zero-order chi connectivity index (χ0) is 9.97. The molecule has 2 rings (SSSR count). The van der Waals surface area contributed by atoms with E-state index in [0.29, 0.717) is 26.2 Å². The summed E-state index contributed by atoms with van der Waals surface area (Å²) >= 11 is 0. The van der Waals surface area contributed by atoms with E-state index < -0.39 is 0 Å². The van der Waals surface area contributed by atoms with Crippen LogP contribution in [0.4, 0.5) is 9.59 Å². The minimum absolute atomic E-state index is 0.124. The summed E-state index contributed by atoms with van der Waals surface area (Å²) in [5, 5.41) is 6.47. The Hall–Kier alpha value is -1.50. The van der Waals surface area contributed by atoms with Gasteiger partial charge in [-0.05, 0) is 0 Å². The number of carbonyl (C=O) groups excluding carboxylic acids is 2. The van der Waals surface area contributed by atoms with Crippen LogP contribution in [0.3, 0.4) is 0 Å². The molecule has 0 aliphatic carbocycles. The van der Waals surface area contributed by atoms with Crippen LogP contribution in [0.2, 0.25) is 0 Å². The summed E-state index contributed by atoms with van der Waals surface area (Å²) in [6.07, 6.45) is 0. The Bertz CT molecular complexity index is 231. The van der Waals surface area contributed by atoms with E-state index in [9.17, 15) is 9.59 Å². The molecule has 0 atom stereocenters. The van der Waals surface area contributed by atoms with Gasteiger partial charge in [0, 0.05) is 19.6 Å². The molecule has 2 aliphatic rings. The van der Waals surface area contributed by atoms with E-state index in [0.717, 1.165) is 0 Å². The average molecular weight is 200 g/mol. The van der Waals surface area contributed by atoms with Gasteiger partial charge in [-0.3, -0.25) is 4.90 Å². The highest BCUT2D eigenvalue weighted by Crippen LogP contribution is 2.01. The highest BCUT2D eigenvalue weighted by molar-refractivity contribution is 5.76. The fourth-order valence-electron chi connectivity index (χ4n) is 1.35. The largest absolute Gasteiger partial charge is 0.341 e. The second-order valence-corrected chi connectivity index (χ2v) is 3.09. The molecule has 0 aromatic carbocycles. The molecule has 2 aliphatic heterocycles. The molecule has 2 N–H and O–H groups in total. The molecular formula is C7H12N4O3. The minimum atomic E-state index is -0.246. The molecular weight excluding hydrogens is 188 g/mol. The molecule has 4 amide bonds. The molecule has 0 bridgehead atoms. The van der Waals surface area contributed by atoms with Gasteiger partial charge in [-0.25, -0.2) is 14.4 Å². The number of hydrogen-bond donors (Lipinski definition) is 2. The SMILES string of the molecule is O=C1NCCN1CON1CCNC1=O. The van der Waals surface area contributed by atoms with E-state index in [1.54, 1.807) is 0 Å². The van der Waals surface area contributed by atoms with Crippen molar-refractivity contribution in [2.45, 2.75) is 0 Å². The van der Waals surface area contributed by atoms with Crippen LogP contribution in [0.1, 0.15) is 0 Å². The number of nitrogens with one attached hydrogen (secondary N) is 2. The van der Waals surface area contributed by atoms with Gasteiger partial charge in [0.05, 0.1) is 6.54 Å². The number of rotatable bonds is 3. The Labute approximate surface area is 80.9 Å². The van der Waals surface area contributed by atoms with Crippen molar-refractivity contribution in [2.24, 2.45) is 0 Å². The topological polar surface area (TPSA) is 73.9 Å². The van der Waals surface area contributed by atoms with Crippen LogP contribution in [-0.4, -0.2) is 54.9 Å². The lowest BCUT2D eigenvalue weighted by Crippen LogP contribution is -2.36. The third-order valence-electron chi connectivity index (χ3n) is 2.13. The highest BCUT2D eigenvalue weighted by atomic mass is 16.7. The maximum atomic E-state index is 11.1. The summed E-state index contributed by atoms with van der Waals surface area (Å²) in [5.41, 5.74) is 0. The van der Waals surface area contributed by atoms with Gasteiger partial charge < -0.3 is 10.6 Å². The molecule has 0 spiro atoms. The maximum absolute atomic E-state index is 11.1. The predicted octanol–water partition coefficient (Wildman–Crippen LogP) is -1.07. The zero-order valence-electron chi connectivity index (χ0n) is 7.65. The van der Waals surface area contributed by atoms with Crippen LogP contribution in [0.15, 0.2) is 0 Å². The van der Waals surface area contributed by atoms with E-state index in [-0.39, 0.29) is 18.8 Å². The van der Waals surface area contributed by atoms with Crippen LogP contribution in [0.25, 0.3) is 0 Å². The van der Waals surface area contributed by atoms with Gasteiger partial charge in [0.1, 0.15) is 0 Å². The van der Waals surface area contributed by atoms with Crippen LogP contribution in [-0.2, 0) is 4.84 Å². The first-order valence-corrected chi connectivity index (χ1v) is 4.48. The van der Waals surface area contributed by atoms with Gasteiger partial charge in [0.15, 0.2) is 6.73 Å². The molecule has 0 radical (unpaired) electrons. The highest BCUT2D eigenvalue weighted by Gasteiger charge is 2.24. The molecule has 2 saturated heterocycles. The lowest BCUT2D eigenvalue weighted by Gasteiger charge is -2.18. The molecule has 0 aromatic heterocycles. The van der Waals surface area contributed by atoms with Gasteiger partial charge >= 0.3 is 12.1 Å². The normalized spacial score (nSPS) is 21.4. The Balaban J connectivity index is 1.76. The molecule has 2 heterocycles. The summed E-state index contributed by atoms with van der Waals surface area (Å²) in [6.45, 7) is 2.49. The Kier molecular flexibility index (Phi) is 2.40. The van der Waals surface area contributed by atoms with Crippen LogP contribution in [0, 0.1) is 0 Å². The van der Waals surface area contributed by atoms with E-state index in [1.807, 2.05) is 0 Å². The first-order chi connectivity index (χ1) is 6.77. The van der Waals surface area contributed by atoms with Gasteiger partial charge in [-0.2, -0.15) is 5.06 Å². The van der Waals surface area contributed by atoms with Crippen LogP contribution in [0.5, 0.6) is 0 Å². The van der Waals surface area contributed by atoms with Crippen LogP contribution < -0.4 is 10.6 Å². The number of nitrogens with zero attached hydrogens (tertiary/aromatic N) is 2. The van der Waals surface area contributed by atoms with Gasteiger partial charge in [-0.15, -0.1) is 0 Å². The van der Waals surface area contributed by atoms with E-state index in [1.165, 1.54) is 9.96 Å². The summed E-state index contributed by atoms with van der Waals surface area (Å²) < 4.78 is 0. The van der Waals surface area contributed by atoms with Crippen molar-refractivity contribution < 1.29 is 14.4 Å². The minimum Gasteiger partial charge on any atom is -0.336 e. The molecule has 7 nitrogen and oxygen atoms in total. The monoisotopic (exact) mass is 200 g/mol. The number of hydrogen-bond acceptors (Lipinski definition) is 3. The number of carbonyl (C=O) groups is 2. The molecule has 7 heteroatoms. The summed E-state index contributed by atoms with van der Waals surface area (Å²) in [4.78, 5) is 28.8. The predicted molar refractivity (Wildman–Crippen MR) is 46.2 cm³/mol. The third-order valence-corrected chi connectivity index (χ3v) is 2.13. The van der Waals surface area contributed by atoms with Crippen molar-refractivity contribution in [1.82, 2.24) is 20.6 Å². The summed E-state index contributed by atoms with van der Waals surface area (Å²) in [7, 11) is 0. The Morgan fingerprint density at radius 1 is 1.14 bits per heavy atom. The second-order valence-electron chi connectivity index (χ2n) is 3.09. The number of urea groups is 2. The fraction of sp³-hybridized carbons (Fsp3) is 0.714. The van der Waals surface area contributed by atoms with Crippen molar-refractivity contribution in [2.75, 3.05) is 32.9 Å². The Morgan fingerprint density at radius 2 is 1.86 bits per heavy atom. The van der Waals surface area contributed by atoms with Gasteiger partial charge in [-0.1, -0.05) is 0 Å². The molecule has 0 unspecified atom stereocenters. The van der Waals surface area contributed by atoms with Crippen molar-refractivity contribution in [1.29, 1.82) is 0 Å².